The molecule has 4 nitrogen and oxygen atoms in total. The summed E-state index contributed by atoms with van der Waals surface area (Å²) < 4.78 is 12.8. The van der Waals surface area contributed by atoms with Gasteiger partial charge >= 0.3 is 0 Å². The van der Waals surface area contributed by atoms with Gasteiger partial charge in [-0.2, -0.15) is 0 Å². The lowest BCUT2D eigenvalue weighted by molar-refractivity contribution is 0.109. The Labute approximate surface area is 110 Å². The van der Waals surface area contributed by atoms with Crippen LogP contribution in [-0.2, 0) is 6.54 Å². The monoisotopic (exact) mass is 255 g/mol. The van der Waals surface area contributed by atoms with E-state index in [1.807, 2.05) is 36.5 Å². The molecule has 0 N–H and O–H groups in total. The van der Waals surface area contributed by atoms with E-state index in [0.717, 1.165) is 22.4 Å². The minimum atomic E-state index is 0.351. The van der Waals surface area contributed by atoms with Crippen LogP contribution in [-0.4, -0.2) is 18.0 Å². The maximum Gasteiger partial charge on any atom is 0.185 e. The number of hydrogen-bond donors (Lipinski definition) is 0. The summed E-state index contributed by atoms with van der Waals surface area (Å²) >= 11 is 0. The predicted octanol–water partition coefficient (Wildman–Crippen LogP) is 3.10. The first-order valence-electron chi connectivity index (χ1n) is 5.97. The summed E-state index contributed by atoms with van der Waals surface area (Å²) in [6.45, 7) is 0.588. The van der Waals surface area contributed by atoms with E-state index in [0.29, 0.717) is 18.6 Å². The van der Waals surface area contributed by atoms with E-state index in [1.165, 1.54) is 0 Å². The van der Waals surface area contributed by atoms with E-state index in [-0.39, 0.29) is 0 Å². The number of furan rings is 1. The lowest BCUT2D eigenvalue weighted by Crippen LogP contribution is -1.96. The van der Waals surface area contributed by atoms with Crippen molar-refractivity contribution in [1.29, 1.82) is 0 Å². The third kappa shape index (κ3) is 2.01. The van der Waals surface area contributed by atoms with Gasteiger partial charge in [-0.25, -0.2) is 0 Å². The van der Waals surface area contributed by atoms with Crippen molar-refractivity contribution in [3.05, 3.63) is 54.1 Å². The Kier molecular flexibility index (Phi) is 2.83. The number of ether oxygens (including phenoxy) is 1. The summed E-state index contributed by atoms with van der Waals surface area (Å²) in [5, 5.41) is 1.06. The zero-order valence-electron chi connectivity index (χ0n) is 10.5. The Hall–Kier alpha value is -2.49. The van der Waals surface area contributed by atoms with Gasteiger partial charge < -0.3 is 13.7 Å². The molecule has 19 heavy (non-hydrogen) atoms. The number of benzene rings is 1. The first-order valence-corrected chi connectivity index (χ1v) is 5.97. The number of aldehydes is 1. The Morgan fingerprint density at radius 3 is 2.89 bits per heavy atom. The van der Waals surface area contributed by atoms with E-state index >= 15 is 0 Å². The van der Waals surface area contributed by atoms with Gasteiger partial charge in [0, 0.05) is 11.6 Å². The summed E-state index contributed by atoms with van der Waals surface area (Å²) in [4.78, 5) is 10.6. The minimum absolute atomic E-state index is 0.351. The third-order valence-corrected chi connectivity index (χ3v) is 3.12. The van der Waals surface area contributed by atoms with Gasteiger partial charge in [0.1, 0.15) is 11.5 Å². The van der Waals surface area contributed by atoms with Gasteiger partial charge in [0.2, 0.25) is 0 Å². The maximum atomic E-state index is 10.6. The second kappa shape index (κ2) is 4.65. The smallest absolute Gasteiger partial charge is 0.185 e. The Morgan fingerprint density at radius 1 is 1.26 bits per heavy atom. The van der Waals surface area contributed by atoms with Crippen LogP contribution in [0.5, 0.6) is 5.75 Å². The van der Waals surface area contributed by atoms with Gasteiger partial charge in [-0.1, -0.05) is 6.07 Å². The van der Waals surface area contributed by atoms with Crippen molar-refractivity contribution in [3.63, 3.8) is 0 Å². The molecule has 0 unspecified atom stereocenters. The van der Waals surface area contributed by atoms with Crippen molar-refractivity contribution in [2.24, 2.45) is 0 Å². The van der Waals surface area contributed by atoms with Crippen LogP contribution < -0.4 is 4.74 Å². The van der Waals surface area contributed by atoms with E-state index in [4.69, 9.17) is 9.15 Å². The highest BCUT2D eigenvalue weighted by Gasteiger charge is 2.08. The standard InChI is InChI=1S/C15H13NO3/c1-18-15-4-2-3-14-13(15)7-8-16(14)9-11-5-6-12(10-17)19-11/h2-8,10H,9H2,1H3. The van der Waals surface area contributed by atoms with Crippen molar-refractivity contribution in [2.45, 2.75) is 6.54 Å². The van der Waals surface area contributed by atoms with Gasteiger partial charge in [-0.15, -0.1) is 0 Å². The zero-order chi connectivity index (χ0) is 13.2. The number of fused-ring (bicyclic) bond motifs is 1. The quantitative estimate of drug-likeness (QED) is 0.673. The van der Waals surface area contributed by atoms with Crippen molar-refractivity contribution >= 4 is 17.2 Å². The summed E-state index contributed by atoms with van der Waals surface area (Å²) in [5.41, 5.74) is 1.07. The Bertz CT molecular complexity index is 724. The second-order valence-corrected chi connectivity index (χ2v) is 4.26. The molecule has 0 saturated carbocycles. The Balaban J connectivity index is 1.99. The van der Waals surface area contributed by atoms with E-state index in [1.54, 1.807) is 13.2 Å². The van der Waals surface area contributed by atoms with Crippen molar-refractivity contribution in [2.75, 3.05) is 7.11 Å². The fourth-order valence-electron chi connectivity index (χ4n) is 2.22. The van der Waals surface area contributed by atoms with E-state index in [2.05, 4.69) is 4.57 Å². The molecule has 2 aromatic heterocycles. The van der Waals surface area contributed by atoms with Gasteiger partial charge in [0.25, 0.3) is 0 Å². The first kappa shape index (κ1) is 11.6. The number of nitrogens with zero attached hydrogens (tertiary/aromatic N) is 1. The molecular weight excluding hydrogens is 242 g/mol. The highest BCUT2D eigenvalue weighted by atomic mass is 16.5. The summed E-state index contributed by atoms with van der Waals surface area (Å²) in [7, 11) is 1.66. The molecule has 0 aliphatic carbocycles. The number of carbonyl (C=O) groups excluding carboxylic acids is 1. The van der Waals surface area contributed by atoms with Crippen LogP contribution >= 0.6 is 0 Å². The molecule has 0 aliphatic heterocycles. The highest BCUT2D eigenvalue weighted by Crippen LogP contribution is 2.26. The molecule has 0 fully saturated rings. The average molecular weight is 255 g/mol. The number of aromatic nitrogens is 1. The summed E-state index contributed by atoms with van der Waals surface area (Å²) in [5.74, 6) is 1.95. The molecule has 0 spiro atoms. The van der Waals surface area contributed by atoms with Crippen molar-refractivity contribution in [3.8, 4) is 5.75 Å². The van der Waals surface area contributed by atoms with Gasteiger partial charge in [0.05, 0.1) is 19.2 Å². The minimum Gasteiger partial charge on any atom is -0.496 e. The topological polar surface area (TPSA) is 44.4 Å². The SMILES string of the molecule is COc1cccc2c1ccn2Cc1ccc(C=O)o1. The molecule has 0 bridgehead atoms. The molecule has 4 heteroatoms. The van der Waals surface area contributed by atoms with Gasteiger partial charge in [-0.3, -0.25) is 4.79 Å². The highest BCUT2D eigenvalue weighted by molar-refractivity contribution is 5.86. The molecule has 0 aliphatic rings. The molecule has 0 radical (unpaired) electrons. The van der Waals surface area contributed by atoms with Crippen LogP contribution in [0.25, 0.3) is 10.9 Å². The molecule has 2 heterocycles. The van der Waals surface area contributed by atoms with Crippen LogP contribution in [0.4, 0.5) is 0 Å². The van der Waals surface area contributed by atoms with Crippen LogP contribution in [0, 0.1) is 0 Å². The fraction of sp³-hybridized carbons (Fsp3) is 0.133. The first-order chi connectivity index (χ1) is 9.31. The third-order valence-electron chi connectivity index (χ3n) is 3.12. The molecule has 0 atom stereocenters. The fourth-order valence-corrected chi connectivity index (χ4v) is 2.22. The maximum absolute atomic E-state index is 10.6. The molecule has 3 aromatic rings. The number of rotatable bonds is 4. The average Bonchev–Trinajstić information content (AvgIpc) is 3.06. The summed E-state index contributed by atoms with van der Waals surface area (Å²) in [6.07, 6.45) is 2.69. The zero-order valence-corrected chi connectivity index (χ0v) is 10.5. The lowest BCUT2D eigenvalue weighted by atomic mass is 10.2. The second-order valence-electron chi connectivity index (χ2n) is 4.26. The number of carbonyl (C=O) groups is 1. The van der Waals surface area contributed by atoms with Crippen molar-refractivity contribution < 1.29 is 13.9 Å². The predicted molar refractivity (Wildman–Crippen MR) is 71.7 cm³/mol. The largest absolute Gasteiger partial charge is 0.496 e. The van der Waals surface area contributed by atoms with Gasteiger partial charge in [-0.05, 0) is 30.3 Å². The normalized spacial score (nSPS) is 10.8. The molecule has 1 aromatic carbocycles. The molecule has 0 saturated heterocycles. The molecular formula is C15H13NO3. The number of hydrogen-bond acceptors (Lipinski definition) is 3. The molecule has 3 rings (SSSR count). The van der Waals surface area contributed by atoms with Crippen molar-refractivity contribution in [1.82, 2.24) is 4.57 Å². The summed E-state index contributed by atoms with van der Waals surface area (Å²) in [6, 6.07) is 11.4. The van der Waals surface area contributed by atoms with Crippen LogP contribution in [0.3, 0.4) is 0 Å². The molecule has 96 valence electrons. The lowest BCUT2D eigenvalue weighted by Gasteiger charge is -2.05. The van der Waals surface area contributed by atoms with E-state index < -0.39 is 0 Å². The van der Waals surface area contributed by atoms with Crippen LogP contribution in [0.15, 0.2) is 47.0 Å². The van der Waals surface area contributed by atoms with Crippen LogP contribution in [0.1, 0.15) is 16.3 Å². The Morgan fingerprint density at radius 2 is 2.16 bits per heavy atom. The van der Waals surface area contributed by atoms with E-state index in [9.17, 15) is 4.79 Å². The van der Waals surface area contributed by atoms with Gasteiger partial charge in [0.15, 0.2) is 12.0 Å². The van der Waals surface area contributed by atoms with Crippen LogP contribution in [0.2, 0.25) is 0 Å². The number of methoxy groups -OCH3 is 1. The molecule has 0 amide bonds.